The molecule has 4 heteroatoms. The van der Waals surface area contributed by atoms with E-state index in [2.05, 4.69) is 0 Å². The van der Waals surface area contributed by atoms with Crippen molar-refractivity contribution < 1.29 is 19.1 Å². The van der Waals surface area contributed by atoms with Gasteiger partial charge in [0, 0.05) is 12.0 Å². The first kappa shape index (κ1) is 17.7. The van der Waals surface area contributed by atoms with Gasteiger partial charge in [0.25, 0.3) is 0 Å². The zero-order valence-electron chi connectivity index (χ0n) is 14.2. The van der Waals surface area contributed by atoms with Gasteiger partial charge in [-0.1, -0.05) is 30.3 Å². The van der Waals surface area contributed by atoms with Gasteiger partial charge in [-0.2, -0.15) is 0 Å². The fraction of sp³-hybridized carbons (Fsp3) is 0.579. The molecule has 0 amide bonds. The highest BCUT2D eigenvalue weighted by Crippen LogP contribution is 2.34. The minimum atomic E-state index is -0.690. The first-order chi connectivity index (χ1) is 10.9. The molecule has 1 aromatic rings. The van der Waals surface area contributed by atoms with Crippen LogP contribution in [0.3, 0.4) is 0 Å². The van der Waals surface area contributed by atoms with Gasteiger partial charge in [0.15, 0.2) is 5.78 Å². The van der Waals surface area contributed by atoms with Crippen LogP contribution in [0.5, 0.6) is 0 Å². The zero-order valence-corrected chi connectivity index (χ0v) is 14.2. The fourth-order valence-electron chi connectivity index (χ4n) is 2.98. The average molecular weight is 318 g/mol. The van der Waals surface area contributed by atoms with E-state index in [0.717, 1.165) is 19.3 Å². The van der Waals surface area contributed by atoms with Gasteiger partial charge >= 0.3 is 5.97 Å². The molecule has 2 atom stereocenters. The van der Waals surface area contributed by atoms with Crippen LogP contribution >= 0.6 is 0 Å². The smallest absolute Gasteiger partial charge is 0.314 e. The lowest BCUT2D eigenvalue weighted by molar-refractivity contribution is -0.170. The molecular formula is C19H26O4. The quantitative estimate of drug-likeness (QED) is 0.591. The fourth-order valence-corrected chi connectivity index (χ4v) is 2.98. The molecule has 126 valence electrons. The second kappa shape index (κ2) is 7.73. The Bertz CT molecular complexity index is 536. The summed E-state index contributed by atoms with van der Waals surface area (Å²) >= 11 is 0. The number of benzene rings is 1. The Balaban J connectivity index is 1.98. The van der Waals surface area contributed by atoms with Gasteiger partial charge in [0.1, 0.15) is 0 Å². The maximum absolute atomic E-state index is 12.3. The second-order valence-corrected chi connectivity index (χ2v) is 6.61. The summed E-state index contributed by atoms with van der Waals surface area (Å²) in [5.41, 5.74) is 0.0210. The summed E-state index contributed by atoms with van der Waals surface area (Å²) in [6, 6.07) is 9.27. The molecular weight excluding hydrogens is 292 g/mol. The first-order valence-corrected chi connectivity index (χ1v) is 8.36. The average Bonchev–Trinajstić information content (AvgIpc) is 2.56. The highest BCUT2D eigenvalue weighted by Gasteiger charge is 2.42. The van der Waals surface area contributed by atoms with Crippen molar-refractivity contribution in [3.63, 3.8) is 0 Å². The summed E-state index contributed by atoms with van der Waals surface area (Å²) < 4.78 is 11.2. The summed E-state index contributed by atoms with van der Waals surface area (Å²) in [5.74, 6) is -0.148. The van der Waals surface area contributed by atoms with Crippen LogP contribution in [0, 0.1) is 5.41 Å². The number of ether oxygens (including phenoxy) is 2. The molecule has 0 unspecified atom stereocenters. The SMILES string of the molecule is CCOC(=O)C(C)(C)[C@H]1CCC[C@@H](CC(=O)c2ccccc2)O1. The van der Waals surface area contributed by atoms with E-state index in [9.17, 15) is 9.59 Å². The Morgan fingerprint density at radius 1 is 1.22 bits per heavy atom. The van der Waals surface area contributed by atoms with Gasteiger partial charge in [0.2, 0.25) is 0 Å². The van der Waals surface area contributed by atoms with Crippen LogP contribution in [0.25, 0.3) is 0 Å². The standard InChI is InChI=1S/C19H26O4/c1-4-22-18(21)19(2,3)17-12-8-11-15(23-17)13-16(20)14-9-6-5-7-10-14/h5-7,9-10,15,17H,4,8,11-13H2,1-3H3/t15-,17+/m0/s1. The molecule has 4 nitrogen and oxygen atoms in total. The Kier molecular flexibility index (Phi) is 5.94. The molecule has 0 N–H and O–H groups in total. The molecule has 1 fully saturated rings. The highest BCUT2D eigenvalue weighted by molar-refractivity contribution is 5.96. The maximum atomic E-state index is 12.3. The number of hydrogen-bond donors (Lipinski definition) is 0. The third-order valence-corrected chi connectivity index (χ3v) is 4.46. The number of esters is 1. The molecule has 1 aliphatic heterocycles. The number of hydrogen-bond acceptors (Lipinski definition) is 4. The van der Waals surface area contributed by atoms with Crippen molar-refractivity contribution in [1.29, 1.82) is 0 Å². The Morgan fingerprint density at radius 3 is 2.57 bits per heavy atom. The van der Waals surface area contributed by atoms with E-state index in [1.165, 1.54) is 0 Å². The van der Waals surface area contributed by atoms with Crippen molar-refractivity contribution >= 4 is 11.8 Å². The molecule has 1 saturated heterocycles. The molecule has 1 aliphatic rings. The third-order valence-electron chi connectivity index (χ3n) is 4.46. The van der Waals surface area contributed by atoms with Gasteiger partial charge in [-0.3, -0.25) is 9.59 Å². The van der Waals surface area contributed by atoms with Gasteiger partial charge in [-0.05, 0) is 40.0 Å². The zero-order chi connectivity index (χ0) is 16.9. The molecule has 0 aliphatic carbocycles. The van der Waals surface area contributed by atoms with E-state index in [0.29, 0.717) is 18.6 Å². The minimum Gasteiger partial charge on any atom is -0.466 e. The summed E-state index contributed by atoms with van der Waals surface area (Å²) in [5, 5.41) is 0. The van der Waals surface area contributed by atoms with Crippen LogP contribution in [0.4, 0.5) is 0 Å². The molecule has 0 aromatic heterocycles. The molecule has 0 bridgehead atoms. The van der Waals surface area contributed by atoms with Crippen LogP contribution in [-0.2, 0) is 14.3 Å². The summed E-state index contributed by atoms with van der Waals surface area (Å²) in [6.45, 7) is 5.88. The maximum Gasteiger partial charge on any atom is 0.314 e. The first-order valence-electron chi connectivity index (χ1n) is 8.36. The molecule has 0 spiro atoms. The topological polar surface area (TPSA) is 52.6 Å². The predicted octanol–water partition coefficient (Wildman–Crippen LogP) is 3.79. The monoisotopic (exact) mass is 318 g/mol. The Morgan fingerprint density at radius 2 is 1.91 bits per heavy atom. The Labute approximate surface area is 138 Å². The summed E-state index contributed by atoms with van der Waals surface area (Å²) in [6.07, 6.45) is 2.66. The van der Waals surface area contributed by atoms with E-state index in [1.54, 1.807) is 6.92 Å². The van der Waals surface area contributed by atoms with Gasteiger partial charge in [-0.15, -0.1) is 0 Å². The van der Waals surface area contributed by atoms with E-state index in [-0.39, 0.29) is 24.0 Å². The normalized spacial score (nSPS) is 21.7. The van der Waals surface area contributed by atoms with Crippen LogP contribution in [0.15, 0.2) is 30.3 Å². The number of carbonyl (C=O) groups is 2. The Hall–Kier alpha value is -1.68. The van der Waals surface area contributed by atoms with Crippen LogP contribution in [0.1, 0.15) is 56.8 Å². The highest BCUT2D eigenvalue weighted by atomic mass is 16.5. The molecule has 1 aromatic carbocycles. The van der Waals surface area contributed by atoms with Crippen LogP contribution in [0.2, 0.25) is 0 Å². The third kappa shape index (κ3) is 4.41. The second-order valence-electron chi connectivity index (χ2n) is 6.61. The lowest BCUT2D eigenvalue weighted by Gasteiger charge is -2.38. The van der Waals surface area contributed by atoms with E-state index >= 15 is 0 Å². The molecule has 0 radical (unpaired) electrons. The lowest BCUT2D eigenvalue weighted by Crippen LogP contribution is -2.44. The van der Waals surface area contributed by atoms with Crippen molar-refractivity contribution in [2.45, 2.75) is 58.7 Å². The molecule has 0 saturated carbocycles. The van der Waals surface area contributed by atoms with E-state index in [1.807, 2.05) is 44.2 Å². The van der Waals surface area contributed by atoms with Crippen molar-refractivity contribution in [2.75, 3.05) is 6.61 Å². The summed E-state index contributed by atoms with van der Waals surface area (Å²) in [4.78, 5) is 24.5. The molecule has 1 heterocycles. The largest absolute Gasteiger partial charge is 0.466 e. The minimum absolute atomic E-state index is 0.0881. The van der Waals surface area contributed by atoms with Gasteiger partial charge < -0.3 is 9.47 Å². The van der Waals surface area contributed by atoms with E-state index in [4.69, 9.17) is 9.47 Å². The van der Waals surface area contributed by atoms with Crippen molar-refractivity contribution in [2.24, 2.45) is 5.41 Å². The number of carbonyl (C=O) groups excluding carboxylic acids is 2. The number of rotatable bonds is 6. The van der Waals surface area contributed by atoms with Crippen LogP contribution in [-0.4, -0.2) is 30.6 Å². The number of Topliss-reactive ketones (excluding diaryl/α,β-unsaturated/α-hetero) is 1. The number of ketones is 1. The molecule has 2 rings (SSSR count). The van der Waals surface area contributed by atoms with Crippen molar-refractivity contribution in [3.05, 3.63) is 35.9 Å². The van der Waals surface area contributed by atoms with Gasteiger partial charge in [0.05, 0.1) is 24.2 Å². The summed E-state index contributed by atoms with van der Waals surface area (Å²) in [7, 11) is 0. The van der Waals surface area contributed by atoms with Crippen molar-refractivity contribution in [3.8, 4) is 0 Å². The molecule has 23 heavy (non-hydrogen) atoms. The van der Waals surface area contributed by atoms with Crippen molar-refractivity contribution in [1.82, 2.24) is 0 Å². The van der Waals surface area contributed by atoms with E-state index < -0.39 is 5.41 Å². The van der Waals surface area contributed by atoms with Crippen LogP contribution < -0.4 is 0 Å². The lowest BCUT2D eigenvalue weighted by atomic mass is 9.81. The predicted molar refractivity (Wildman–Crippen MR) is 88.3 cm³/mol. The van der Waals surface area contributed by atoms with Gasteiger partial charge in [-0.25, -0.2) is 0 Å².